The van der Waals surface area contributed by atoms with Crippen molar-refractivity contribution in [2.75, 3.05) is 7.11 Å². The molecule has 0 heterocycles. The minimum absolute atomic E-state index is 0.00921. The van der Waals surface area contributed by atoms with Gasteiger partial charge in [-0.05, 0) is 56.5 Å². The van der Waals surface area contributed by atoms with Gasteiger partial charge in [-0.1, -0.05) is 33.6 Å². The van der Waals surface area contributed by atoms with Gasteiger partial charge in [-0.15, -0.1) is 0 Å². The van der Waals surface area contributed by atoms with Crippen LogP contribution in [0.15, 0.2) is 28.7 Å². The fraction of sp³-hybridized carbons (Fsp3) is 0.278. The summed E-state index contributed by atoms with van der Waals surface area (Å²) in [4.78, 5) is 13.0. The number of halogens is 1. The summed E-state index contributed by atoms with van der Waals surface area (Å²) in [6.07, 6.45) is 0. The Bertz CT molecular complexity index is 718. The largest absolute Gasteiger partial charge is 0.496 e. The first-order chi connectivity index (χ1) is 9.86. The first kappa shape index (κ1) is 15.8. The maximum absolute atomic E-state index is 13.0. The van der Waals surface area contributed by atoms with Crippen LogP contribution in [0.4, 0.5) is 0 Å². The Labute approximate surface area is 134 Å². The first-order valence-electron chi connectivity index (χ1n) is 6.82. The van der Waals surface area contributed by atoms with Gasteiger partial charge in [-0.2, -0.15) is 0 Å². The number of aryl methyl sites for hydroxylation is 3. The lowest BCUT2D eigenvalue weighted by Crippen LogP contribution is -2.10. The van der Waals surface area contributed by atoms with Crippen molar-refractivity contribution in [1.82, 2.24) is 0 Å². The maximum atomic E-state index is 13.0. The van der Waals surface area contributed by atoms with Crippen molar-refractivity contribution in [3.8, 4) is 5.75 Å². The van der Waals surface area contributed by atoms with Crippen LogP contribution in [0.3, 0.4) is 0 Å². The van der Waals surface area contributed by atoms with E-state index in [-0.39, 0.29) is 5.78 Å². The number of carbonyl (C=O) groups is 1. The minimum Gasteiger partial charge on any atom is -0.496 e. The zero-order chi connectivity index (χ0) is 15.7. The van der Waals surface area contributed by atoms with E-state index in [1.54, 1.807) is 7.11 Å². The van der Waals surface area contributed by atoms with Crippen LogP contribution in [0.1, 0.15) is 38.2 Å². The van der Waals surface area contributed by atoms with E-state index in [0.717, 1.165) is 32.3 Å². The minimum atomic E-state index is 0.00921. The number of ketones is 1. The number of hydrogen-bond acceptors (Lipinski definition) is 2. The summed E-state index contributed by atoms with van der Waals surface area (Å²) in [5, 5.41) is 0. The number of hydrogen-bond donors (Lipinski definition) is 0. The van der Waals surface area contributed by atoms with Gasteiger partial charge in [-0.3, -0.25) is 4.79 Å². The fourth-order valence-corrected chi connectivity index (χ4v) is 3.04. The maximum Gasteiger partial charge on any atom is 0.197 e. The van der Waals surface area contributed by atoms with Crippen molar-refractivity contribution in [3.63, 3.8) is 0 Å². The second kappa shape index (κ2) is 6.02. The summed E-state index contributed by atoms with van der Waals surface area (Å²) in [7, 11) is 1.61. The summed E-state index contributed by atoms with van der Waals surface area (Å²) >= 11 is 3.53. The lowest BCUT2D eigenvalue weighted by Gasteiger charge is -2.16. The highest BCUT2D eigenvalue weighted by Crippen LogP contribution is 2.34. The highest BCUT2D eigenvalue weighted by atomic mass is 79.9. The normalized spacial score (nSPS) is 10.6. The molecule has 0 unspecified atom stereocenters. The van der Waals surface area contributed by atoms with Crippen LogP contribution in [0.5, 0.6) is 5.75 Å². The van der Waals surface area contributed by atoms with Gasteiger partial charge < -0.3 is 4.74 Å². The molecule has 2 aromatic carbocycles. The van der Waals surface area contributed by atoms with Gasteiger partial charge in [-0.25, -0.2) is 0 Å². The van der Waals surface area contributed by atoms with Gasteiger partial charge in [0.2, 0.25) is 0 Å². The van der Waals surface area contributed by atoms with Crippen molar-refractivity contribution in [3.05, 3.63) is 62.1 Å². The molecule has 0 saturated heterocycles. The monoisotopic (exact) mass is 346 g/mol. The second-order valence-electron chi connectivity index (χ2n) is 5.36. The molecule has 0 aliphatic carbocycles. The molecule has 2 aromatic rings. The third-order valence-corrected chi connectivity index (χ3v) is 4.55. The van der Waals surface area contributed by atoms with Crippen LogP contribution in [-0.2, 0) is 0 Å². The van der Waals surface area contributed by atoms with Gasteiger partial charge in [0.25, 0.3) is 0 Å². The van der Waals surface area contributed by atoms with Crippen LogP contribution in [-0.4, -0.2) is 12.9 Å². The average Bonchev–Trinajstić information content (AvgIpc) is 2.44. The molecule has 0 bridgehead atoms. The molecule has 110 valence electrons. The number of rotatable bonds is 3. The molecule has 0 radical (unpaired) electrons. The molecule has 0 aromatic heterocycles. The summed E-state index contributed by atoms with van der Waals surface area (Å²) in [6.45, 7) is 7.83. The summed E-state index contributed by atoms with van der Waals surface area (Å²) in [5.74, 6) is 0.663. The van der Waals surface area contributed by atoms with E-state index >= 15 is 0 Å². The predicted octanol–water partition coefficient (Wildman–Crippen LogP) is 4.92. The fourth-order valence-electron chi connectivity index (χ4n) is 2.50. The van der Waals surface area contributed by atoms with Crippen molar-refractivity contribution >= 4 is 21.7 Å². The topological polar surface area (TPSA) is 26.3 Å². The molecule has 0 spiro atoms. The Morgan fingerprint density at radius 1 is 1.05 bits per heavy atom. The zero-order valence-electron chi connectivity index (χ0n) is 13.0. The smallest absolute Gasteiger partial charge is 0.197 e. The van der Waals surface area contributed by atoms with E-state index in [1.165, 1.54) is 0 Å². The van der Waals surface area contributed by atoms with E-state index in [2.05, 4.69) is 15.9 Å². The summed E-state index contributed by atoms with van der Waals surface area (Å²) < 4.78 is 6.41. The summed E-state index contributed by atoms with van der Waals surface area (Å²) in [5.41, 5.74) is 5.27. The molecule has 21 heavy (non-hydrogen) atoms. The quantitative estimate of drug-likeness (QED) is 0.737. The molecule has 0 aliphatic heterocycles. The SMILES string of the molecule is COc1c(C)cc(Br)c(C)c1C(=O)c1cc(C)ccc1C. The van der Waals surface area contributed by atoms with E-state index < -0.39 is 0 Å². The molecule has 3 heteroatoms. The standard InChI is InChI=1S/C18H19BrO2/c1-10-6-7-11(2)14(8-10)17(20)16-13(4)15(19)9-12(3)18(16)21-5/h6-9H,1-5H3. The molecular formula is C18H19BrO2. The van der Waals surface area contributed by atoms with Gasteiger partial charge in [0.1, 0.15) is 5.75 Å². The Morgan fingerprint density at radius 2 is 1.71 bits per heavy atom. The lowest BCUT2D eigenvalue weighted by molar-refractivity contribution is 0.103. The van der Waals surface area contributed by atoms with E-state index in [9.17, 15) is 4.79 Å². The highest BCUT2D eigenvalue weighted by molar-refractivity contribution is 9.10. The Hall–Kier alpha value is -1.61. The first-order valence-corrected chi connectivity index (χ1v) is 7.61. The zero-order valence-corrected chi connectivity index (χ0v) is 14.6. The van der Waals surface area contributed by atoms with Gasteiger partial charge in [0.05, 0.1) is 12.7 Å². The average molecular weight is 347 g/mol. The molecule has 2 nitrogen and oxygen atoms in total. The van der Waals surface area contributed by atoms with Crippen LogP contribution >= 0.6 is 15.9 Å². The van der Waals surface area contributed by atoms with Crippen molar-refractivity contribution in [2.24, 2.45) is 0 Å². The van der Waals surface area contributed by atoms with Crippen LogP contribution in [0, 0.1) is 27.7 Å². The van der Waals surface area contributed by atoms with Crippen molar-refractivity contribution in [1.29, 1.82) is 0 Å². The molecular weight excluding hydrogens is 328 g/mol. The number of benzene rings is 2. The van der Waals surface area contributed by atoms with Crippen LogP contribution in [0.2, 0.25) is 0 Å². The predicted molar refractivity (Wildman–Crippen MR) is 89.5 cm³/mol. The van der Waals surface area contributed by atoms with Crippen LogP contribution < -0.4 is 4.74 Å². The third-order valence-electron chi connectivity index (χ3n) is 3.73. The molecule has 0 N–H and O–H groups in total. The Balaban J connectivity index is 2.71. The van der Waals surface area contributed by atoms with E-state index in [1.807, 2.05) is 52.0 Å². The highest BCUT2D eigenvalue weighted by Gasteiger charge is 2.22. The Kier molecular flexibility index (Phi) is 4.52. The number of carbonyl (C=O) groups excluding carboxylic acids is 1. The van der Waals surface area contributed by atoms with Gasteiger partial charge in [0.15, 0.2) is 5.78 Å². The number of ether oxygens (including phenoxy) is 1. The van der Waals surface area contributed by atoms with E-state index in [4.69, 9.17) is 4.74 Å². The number of methoxy groups -OCH3 is 1. The molecule has 0 fully saturated rings. The van der Waals surface area contributed by atoms with Gasteiger partial charge in [0, 0.05) is 10.0 Å². The van der Waals surface area contributed by atoms with Crippen molar-refractivity contribution < 1.29 is 9.53 Å². The van der Waals surface area contributed by atoms with Gasteiger partial charge >= 0.3 is 0 Å². The van der Waals surface area contributed by atoms with E-state index in [0.29, 0.717) is 11.3 Å². The molecule has 0 atom stereocenters. The third kappa shape index (κ3) is 2.88. The molecule has 0 saturated carbocycles. The molecule has 2 rings (SSSR count). The molecule has 0 aliphatic rings. The second-order valence-corrected chi connectivity index (χ2v) is 6.21. The molecule has 0 amide bonds. The van der Waals surface area contributed by atoms with Crippen LogP contribution in [0.25, 0.3) is 0 Å². The lowest BCUT2D eigenvalue weighted by atomic mass is 9.92. The summed E-state index contributed by atoms with van der Waals surface area (Å²) in [6, 6.07) is 7.92. The Morgan fingerprint density at radius 3 is 2.33 bits per heavy atom. The van der Waals surface area contributed by atoms with Crippen molar-refractivity contribution in [2.45, 2.75) is 27.7 Å².